The lowest BCUT2D eigenvalue weighted by molar-refractivity contribution is 0.104. The van der Waals surface area contributed by atoms with E-state index in [1.54, 1.807) is 0 Å². The topological polar surface area (TPSA) is 74.2 Å². The highest BCUT2D eigenvalue weighted by atomic mass is 16.5. The third-order valence-corrected chi connectivity index (χ3v) is 3.10. The summed E-state index contributed by atoms with van der Waals surface area (Å²) in [5, 5.41) is 3.97. The highest BCUT2D eigenvalue weighted by molar-refractivity contribution is 5.70. The lowest BCUT2D eigenvalue weighted by atomic mass is 10.1. The molecule has 0 radical (unpaired) electrons. The summed E-state index contributed by atoms with van der Waals surface area (Å²) in [5.74, 6) is 1.15. The van der Waals surface area contributed by atoms with Crippen LogP contribution < -0.4 is 5.73 Å². The maximum atomic E-state index is 5.88. The van der Waals surface area contributed by atoms with E-state index < -0.39 is 0 Å². The van der Waals surface area contributed by atoms with Crippen molar-refractivity contribution in [1.29, 1.82) is 0 Å². The normalized spacial score (nSPS) is 19.2. The monoisotopic (exact) mass is 245 g/mol. The number of hydrogen-bond acceptors (Lipinski definition) is 5. The van der Waals surface area contributed by atoms with Crippen molar-refractivity contribution in [3.05, 3.63) is 30.2 Å². The molecule has 0 saturated carbocycles. The molecular formula is C13H15N3O2. The van der Waals surface area contributed by atoms with Crippen molar-refractivity contribution in [3.8, 4) is 11.4 Å². The van der Waals surface area contributed by atoms with Crippen LogP contribution in [0.1, 0.15) is 18.7 Å². The molecule has 3 rings (SSSR count). The number of nitrogens with two attached hydrogens (primary N) is 1. The first-order valence-corrected chi connectivity index (χ1v) is 6.12. The van der Waals surface area contributed by atoms with Gasteiger partial charge in [0.25, 0.3) is 0 Å². The van der Waals surface area contributed by atoms with Crippen LogP contribution in [0.3, 0.4) is 0 Å². The summed E-state index contributed by atoms with van der Waals surface area (Å²) in [4.78, 5) is 4.37. The minimum absolute atomic E-state index is 0.214. The van der Waals surface area contributed by atoms with Gasteiger partial charge in [-0.05, 0) is 25.0 Å². The highest BCUT2D eigenvalue weighted by Gasteiger charge is 2.20. The summed E-state index contributed by atoms with van der Waals surface area (Å²) >= 11 is 0. The molecule has 1 aliphatic rings. The van der Waals surface area contributed by atoms with Crippen LogP contribution in [-0.2, 0) is 11.2 Å². The minimum Gasteiger partial charge on any atom is -0.398 e. The van der Waals surface area contributed by atoms with Gasteiger partial charge < -0.3 is 15.0 Å². The lowest BCUT2D eigenvalue weighted by Crippen LogP contribution is -2.08. The van der Waals surface area contributed by atoms with Crippen molar-refractivity contribution in [2.24, 2.45) is 0 Å². The van der Waals surface area contributed by atoms with Crippen LogP contribution >= 0.6 is 0 Å². The smallest absolute Gasteiger partial charge is 0.229 e. The van der Waals surface area contributed by atoms with Gasteiger partial charge in [-0.1, -0.05) is 17.3 Å². The molecule has 0 amide bonds. The van der Waals surface area contributed by atoms with E-state index in [2.05, 4.69) is 10.1 Å². The van der Waals surface area contributed by atoms with Crippen LogP contribution in [0.25, 0.3) is 11.4 Å². The average Bonchev–Trinajstić information content (AvgIpc) is 3.02. The molecule has 1 saturated heterocycles. The van der Waals surface area contributed by atoms with Crippen molar-refractivity contribution in [1.82, 2.24) is 10.1 Å². The van der Waals surface area contributed by atoms with Crippen LogP contribution in [0.2, 0.25) is 0 Å². The molecule has 1 aliphatic heterocycles. The molecule has 5 heteroatoms. The highest BCUT2D eigenvalue weighted by Crippen LogP contribution is 2.23. The van der Waals surface area contributed by atoms with Gasteiger partial charge >= 0.3 is 0 Å². The number of nitrogens with zero attached hydrogens (tertiary/aromatic N) is 2. The second-order valence-corrected chi connectivity index (χ2v) is 4.44. The molecular weight excluding hydrogens is 230 g/mol. The van der Waals surface area contributed by atoms with Gasteiger partial charge in [0.15, 0.2) is 0 Å². The first-order valence-electron chi connectivity index (χ1n) is 6.12. The Balaban J connectivity index is 1.79. The number of hydrogen-bond donors (Lipinski definition) is 1. The summed E-state index contributed by atoms with van der Waals surface area (Å²) in [5.41, 5.74) is 7.34. The number of para-hydroxylation sites is 1. The fourth-order valence-electron chi connectivity index (χ4n) is 2.15. The lowest BCUT2D eigenvalue weighted by Gasteiger charge is -2.03. The zero-order chi connectivity index (χ0) is 12.4. The Kier molecular flexibility index (Phi) is 2.98. The van der Waals surface area contributed by atoms with Crippen molar-refractivity contribution in [2.45, 2.75) is 25.4 Å². The summed E-state index contributed by atoms with van der Waals surface area (Å²) in [6.45, 7) is 0.831. The largest absolute Gasteiger partial charge is 0.398 e. The number of nitrogen functional groups attached to an aromatic ring is 1. The van der Waals surface area contributed by atoms with Gasteiger partial charge in [0, 0.05) is 17.9 Å². The average molecular weight is 245 g/mol. The van der Waals surface area contributed by atoms with Crippen LogP contribution in [-0.4, -0.2) is 22.9 Å². The van der Waals surface area contributed by atoms with Crippen molar-refractivity contribution in [2.75, 3.05) is 12.3 Å². The van der Waals surface area contributed by atoms with Crippen LogP contribution in [0, 0.1) is 0 Å². The Labute approximate surface area is 105 Å². The number of aromatic nitrogens is 2. The molecule has 94 valence electrons. The van der Waals surface area contributed by atoms with Crippen LogP contribution in [0.4, 0.5) is 5.69 Å². The van der Waals surface area contributed by atoms with Gasteiger partial charge in [-0.15, -0.1) is 0 Å². The van der Waals surface area contributed by atoms with Gasteiger partial charge in [0.05, 0.1) is 12.5 Å². The molecule has 0 bridgehead atoms. The molecule has 18 heavy (non-hydrogen) atoms. The van der Waals surface area contributed by atoms with E-state index in [0.717, 1.165) is 25.0 Å². The fourth-order valence-corrected chi connectivity index (χ4v) is 2.15. The zero-order valence-electron chi connectivity index (χ0n) is 10.0. The van der Waals surface area contributed by atoms with E-state index in [0.29, 0.717) is 23.8 Å². The second-order valence-electron chi connectivity index (χ2n) is 4.44. The van der Waals surface area contributed by atoms with E-state index >= 15 is 0 Å². The molecule has 1 unspecified atom stereocenters. The molecule has 5 nitrogen and oxygen atoms in total. The number of anilines is 1. The third kappa shape index (κ3) is 2.22. The first-order chi connectivity index (χ1) is 8.83. The molecule has 2 heterocycles. The molecule has 0 spiro atoms. The molecule has 1 fully saturated rings. The van der Waals surface area contributed by atoms with Crippen molar-refractivity contribution in [3.63, 3.8) is 0 Å². The van der Waals surface area contributed by atoms with Gasteiger partial charge in [-0.2, -0.15) is 4.98 Å². The Morgan fingerprint density at radius 3 is 3.00 bits per heavy atom. The summed E-state index contributed by atoms with van der Waals surface area (Å²) in [7, 11) is 0. The van der Waals surface area contributed by atoms with Crippen molar-refractivity contribution >= 4 is 5.69 Å². The number of benzene rings is 1. The molecule has 2 N–H and O–H groups in total. The standard InChI is InChI=1S/C13H15N3O2/c14-11-6-2-1-5-10(11)13-15-12(18-16-13)8-9-4-3-7-17-9/h1-2,5-6,9H,3-4,7-8,14H2. The van der Waals surface area contributed by atoms with Crippen LogP contribution in [0.5, 0.6) is 0 Å². The molecule has 2 aromatic rings. The Hall–Kier alpha value is -1.88. The number of ether oxygens (including phenoxy) is 1. The van der Waals surface area contributed by atoms with E-state index in [1.807, 2.05) is 24.3 Å². The van der Waals surface area contributed by atoms with Gasteiger partial charge in [0.2, 0.25) is 11.7 Å². The Morgan fingerprint density at radius 2 is 2.22 bits per heavy atom. The quantitative estimate of drug-likeness (QED) is 0.837. The minimum atomic E-state index is 0.214. The molecule has 1 aromatic heterocycles. The van der Waals surface area contributed by atoms with E-state index in [4.69, 9.17) is 15.0 Å². The Morgan fingerprint density at radius 1 is 1.33 bits per heavy atom. The van der Waals surface area contributed by atoms with E-state index in [9.17, 15) is 0 Å². The van der Waals surface area contributed by atoms with Gasteiger partial charge in [-0.25, -0.2) is 0 Å². The second kappa shape index (κ2) is 4.78. The first kappa shape index (κ1) is 11.2. The predicted molar refractivity (Wildman–Crippen MR) is 66.8 cm³/mol. The zero-order valence-corrected chi connectivity index (χ0v) is 10.0. The molecule has 1 aromatic carbocycles. The van der Waals surface area contributed by atoms with E-state index in [-0.39, 0.29) is 6.10 Å². The summed E-state index contributed by atoms with van der Waals surface area (Å²) in [6, 6.07) is 7.50. The fraction of sp³-hybridized carbons (Fsp3) is 0.385. The number of rotatable bonds is 3. The molecule has 0 aliphatic carbocycles. The van der Waals surface area contributed by atoms with Gasteiger partial charge in [-0.3, -0.25) is 0 Å². The van der Waals surface area contributed by atoms with Gasteiger partial charge in [0.1, 0.15) is 0 Å². The summed E-state index contributed by atoms with van der Waals surface area (Å²) in [6.07, 6.45) is 3.06. The molecule has 1 atom stereocenters. The Bertz CT molecular complexity index is 533. The van der Waals surface area contributed by atoms with E-state index in [1.165, 1.54) is 0 Å². The maximum Gasteiger partial charge on any atom is 0.229 e. The third-order valence-electron chi connectivity index (χ3n) is 3.10. The van der Waals surface area contributed by atoms with Crippen molar-refractivity contribution < 1.29 is 9.26 Å². The van der Waals surface area contributed by atoms with Crippen LogP contribution in [0.15, 0.2) is 28.8 Å². The predicted octanol–water partition coefficient (Wildman–Crippen LogP) is 2.04. The maximum absolute atomic E-state index is 5.88. The SMILES string of the molecule is Nc1ccccc1-c1noc(CC2CCCO2)n1. The summed E-state index contributed by atoms with van der Waals surface area (Å²) < 4.78 is 10.8.